The van der Waals surface area contributed by atoms with Crippen LogP contribution >= 0.6 is 22.9 Å². The van der Waals surface area contributed by atoms with Crippen LogP contribution in [0.3, 0.4) is 0 Å². The summed E-state index contributed by atoms with van der Waals surface area (Å²) in [7, 11) is 1.53. The maximum Gasteiger partial charge on any atom is 0.359 e. The van der Waals surface area contributed by atoms with Gasteiger partial charge in [0, 0.05) is 15.8 Å². The van der Waals surface area contributed by atoms with E-state index in [1.54, 1.807) is 60.8 Å². The fourth-order valence-electron chi connectivity index (χ4n) is 3.23. The summed E-state index contributed by atoms with van der Waals surface area (Å²) in [6.07, 6.45) is 0. The van der Waals surface area contributed by atoms with Gasteiger partial charge in [0.25, 0.3) is 11.5 Å². The summed E-state index contributed by atoms with van der Waals surface area (Å²) < 4.78 is 16.9. The zero-order chi connectivity index (χ0) is 24.9. The van der Waals surface area contributed by atoms with Gasteiger partial charge in [0.15, 0.2) is 12.3 Å². The van der Waals surface area contributed by atoms with Crippen LogP contribution in [-0.4, -0.2) is 42.0 Å². The fraction of sp³-hybridized carbons (Fsp3) is 0.167. The second-order valence-corrected chi connectivity index (χ2v) is 8.44. The van der Waals surface area contributed by atoms with Crippen molar-refractivity contribution in [2.75, 3.05) is 25.6 Å². The number of aromatic nitrogens is 2. The molecule has 0 aliphatic heterocycles. The minimum absolute atomic E-state index is 0.0357. The molecule has 2 aromatic carbocycles. The van der Waals surface area contributed by atoms with Gasteiger partial charge in [-0.3, -0.25) is 9.59 Å². The van der Waals surface area contributed by atoms with E-state index in [1.165, 1.54) is 7.11 Å². The summed E-state index contributed by atoms with van der Waals surface area (Å²) in [6, 6.07) is 13.2. The highest BCUT2D eigenvalue weighted by Gasteiger charge is 2.23. The van der Waals surface area contributed by atoms with Crippen molar-refractivity contribution >= 4 is 50.6 Å². The highest BCUT2D eigenvalue weighted by Crippen LogP contribution is 2.31. The van der Waals surface area contributed by atoms with E-state index in [2.05, 4.69) is 10.4 Å². The topological polar surface area (TPSA) is 109 Å². The molecule has 0 saturated carbocycles. The number of anilines is 1. The number of carbonyl (C=O) groups is 2. The lowest BCUT2D eigenvalue weighted by Crippen LogP contribution is -2.26. The summed E-state index contributed by atoms with van der Waals surface area (Å²) in [5.74, 6) is -0.0935. The van der Waals surface area contributed by atoms with E-state index in [1.807, 2.05) is 0 Å². The van der Waals surface area contributed by atoms with Crippen LogP contribution in [0.15, 0.2) is 58.7 Å². The Labute approximate surface area is 208 Å². The molecule has 0 aliphatic rings. The van der Waals surface area contributed by atoms with Crippen LogP contribution in [0.2, 0.25) is 5.02 Å². The third-order valence-corrected chi connectivity index (χ3v) is 6.02. The first-order chi connectivity index (χ1) is 16.9. The molecule has 0 radical (unpaired) electrons. The Balaban J connectivity index is 1.70. The molecule has 0 aliphatic carbocycles. The van der Waals surface area contributed by atoms with Crippen molar-refractivity contribution < 1.29 is 23.8 Å². The van der Waals surface area contributed by atoms with Gasteiger partial charge < -0.3 is 19.5 Å². The van der Waals surface area contributed by atoms with Gasteiger partial charge >= 0.3 is 5.97 Å². The van der Waals surface area contributed by atoms with Gasteiger partial charge in [-0.15, -0.1) is 11.3 Å². The molecular weight excluding hydrogens is 494 g/mol. The summed E-state index contributed by atoms with van der Waals surface area (Å²) in [6.45, 7) is 1.53. The number of thiophene rings is 1. The molecule has 1 amide bonds. The van der Waals surface area contributed by atoms with E-state index in [-0.39, 0.29) is 34.7 Å². The predicted octanol–water partition coefficient (Wildman–Crippen LogP) is 4.30. The molecule has 1 N–H and O–H groups in total. The zero-order valence-corrected chi connectivity index (χ0v) is 20.3. The highest BCUT2D eigenvalue weighted by atomic mass is 35.5. The number of rotatable bonds is 8. The van der Waals surface area contributed by atoms with Gasteiger partial charge in [-0.05, 0) is 55.5 Å². The first-order valence-corrected chi connectivity index (χ1v) is 11.7. The quantitative estimate of drug-likeness (QED) is 0.350. The van der Waals surface area contributed by atoms with Gasteiger partial charge in [-0.1, -0.05) is 11.6 Å². The first kappa shape index (κ1) is 24.2. The van der Waals surface area contributed by atoms with E-state index in [0.29, 0.717) is 22.2 Å². The smallest absolute Gasteiger partial charge is 0.359 e. The Hall–Kier alpha value is -3.89. The predicted molar refractivity (Wildman–Crippen MR) is 133 cm³/mol. The van der Waals surface area contributed by atoms with Crippen LogP contribution in [0.5, 0.6) is 11.5 Å². The van der Waals surface area contributed by atoms with E-state index in [4.69, 9.17) is 25.8 Å². The molecule has 0 saturated heterocycles. The minimum Gasteiger partial charge on any atom is -0.497 e. The van der Waals surface area contributed by atoms with E-state index in [9.17, 15) is 14.4 Å². The lowest BCUT2D eigenvalue weighted by atomic mass is 10.2. The first-order valence-electron chi connectivity index (χ1n) is 10.5. The normalized spacial score (nSPS) is 10.7. The van der Waals surface area contributed by atoms with E-state index < -0.39 is 17.4 Å². The molecule has 0 atom stereocenters. The second-order valence-electron chi connectivity index (χ2n) is 7.13. The van der Waals surface area contributed by atoms with Crippen LogP contribution in [0.4, 0.5) is 5.00 Å². The number of methoxy groups -OCH3 is 1. The molecule has 9 nitrogen and oxygen atoms in total. The van der Waals surface area contributed by atoms with Crippen molar-refractivity contribution in [3.05, 3.63) is 75.0 Å². The van der Waals surface area contributed by atoms with Crippen molar-refractivity contribution in [2.45, 2.75) is 6.92 Å². The molecule has 0 bridgehead atoms. The van der Waals surface area contributed by atoms with Crippen molar-refractivity contribution in [3.8, 4) is 17.2 Å². The number of hydrogen-bond donors (Lipinski definition) is 1. The van der Waals surface area contributed by atoms with Gasteiger partial charge in [-0.2, -0.15) is 9.78 Å². The summed E-state index contributed by atoms with van der Waals surface area (Å²) in [4.78, 5) is 38.6. The average molecular weight is 514 g/mol. The van der Waals surface area contributed by atoms with Gasteiger partial charge in [0.1, 0.15) is 16.5 Å². The van der Waals surface area contributed by atoms with Gasteiger partial charge in [0.2, 0.25) is 0 Å². The van der Waals surface area contributed by atoms with Crippen LogP contribution in [0, 0.1) is 0 Å². The van der Waals surface area contributed by atoms with Crippen molar-refractivity contribution in [2.24, 2.45) is 0 Å². The number of ether oxygens (including phenoxy) is 3. The van der Waals surface area contributed by atoms with Gasteiger partial charge in [-0.25, -0.2) is 4.79 Å². The summed E-state index contributed by atoms with van der Waals surface area (Å²) in [5.41, 5.74) is -0.127. The molecule has 11 heteroatoms. The largest absolute Gasteiger partial charge is 0.497 e. The fourth-order valence-corrected chi connectivity index (χ4v) is 4.31. The highest BCUT2D eigenvalue weighted by molar-refractivity contribution is 7.16. The Morgan fingerprint density at radius 2 is 1.77 bits per heavy atom. The summed E-state index contributed by atoms with van der Waals surface area (Å²) in [5, 5.41) is 9.80. The number of benzene rings is 2. The van der Waals surface area contributed by atoms with Crippen LogP contribution in [-0.2, 0) is 9.53 Å². The molecule has 4 aromatic rings. The maximum atomic E-state index is 13.4. The number of carbonyl (C=O) groups excluding carboxylic acids is 2. The third kappa shape index (κ3) is 5.28. The summed E-state index contributed by atoms with van der Waals surface area (Å²) >= 11 is 6.96. The van der Waals surface area contributed by atoms with Crippen LogP contribution < -0.4 is 20.3 Å². The average Bonchev–Trinajstić information content (AvgIpc) is 3.28. The molecule has 2 heterocycles. The number of amides is 1. The van der Waals surface area contributed by atoms with Crippen molar-refractivity contribution in [1.82, 2.24) is 9.78 Å². The number of fused-ring (bicyclic) bond motifs is 1. The standard InChI is InChI=1S/C24H20ClN3O6S/c1-3-33-24(31)21-18-13-35-22(26-19(29)12-34-17-8-4-14(25)5-9-17)20(18)23(30)28(27-21)15-6-10-16(32-2)11-7-15/h4-11,13H,3,12H2,1-2H3,(H,26,29). The van der Waals surface area contributed by atoms with Crippen LogP contribution in [0.25, 0.3) is 16.5 Å². The molecule has 0 fully saturated rings. The van der Waals surface area contributed by atoms with E-state index >= 15 is 0 Å². The Kier molecular flexibility index (Phi) is 7.33. The van der Waals surface area contributed by atoms with Crippen molar-refractivity contribution in [1.29, 1.82) is 0 Å². The molecule has 0 spiro atoms. The Bertz CT molecular complexity index is 1430. The number of halogens is 1. The number of esters is 1. The number of hydrogen-bond acceptors (Lipinski definition) is 8. The maximum absolute atomic E-state index is 13.4. The molecule has 0 unspecified atom stereocenters. The molecule has 2 aromatic heterocycles. The van der Waals surface area contributed by atoms with Crippen molar-refractivity contribution in [3.63, 3.8) is 0 Å². The number of nitrogens with one attached hydrogen (secondary N) is 1. The molecule has 4 rings (SSSR count). The Morgan fingerprint density at radius 1 is 1.09 bits per heavy atom. The zero-order valence-electron chi connectivity index (χ0n) is 18.7. The third-order valence-electron chi connectivity index (χ3n) is 4.87. The minimum atomic E-state index is -0.679. The van der Waals surface area contributed by atoms with E-state index in [0.717, 1.165) is 16.0 Å². The van der Waals surface area contributed by atoms with Gasteiger partial charge in [0.05, 0.1) is 24.8 Å². The molecule has 180 valence electrons. The lowest BCUT2D eigenvalue weighted by Gasteiger charge is -2.10. The lowest BCUT2D eigenvalue weighted by molar-refractivity contribution is -0.118. The Morgan fingerprint density at radius 3 is 2.43 bits per heavy atom. The number of nitrogens with zero attached hydrogens (tertiary/aromatic N) is 2. The van der Waals surface area contributed by atoms with Crippen LogP contribution in [0.1, 0.15) is 17.4 Å². The SMILES string of the molecule is CCOC(=O)c1nn(-c2ccc(OC)cc2)c(=O)c2c(NC(=O)COc3ccc(Cl)cc3)scc12. The monoisotopic (exact) mass is 513 g/mol. The molecular formula is C24H20ClN3O6S. The second kappa shape index (κ2) is 10.6. The molecule has 35 heavy (non-hydrogen) atoms.